The van der Waals surface area contributed by atoms with Crippen LogP contribution in [0.15, 0.2) is 23.3 Å². The van der Waals surface area contributed by atoms with Crippen LogP contribution in [0.5, 0.6) is 0 Å². The van der Waals surface area contributed by atoms with Gasteiger partial charge in [-0.15, -0.1) is 0 Å². The van der Waals surface area contributed by atoms with Crippen LogP contribution in [-0.2, 0) is 0 Å². The molecule has 0 radical (unpaired) electrons. The lowest BCUT2D eigenvalue weighted by atomic mass is 10.0. The minimum atomic E-state index is -0.344. The lowest BCUT2D eigenvalue weighted by Crippen LogP contribution is -2.14. The number of nitrogens with zero attached hydrogens (tertiary/aromatic N) is 3. The highest BCUT2D eigenvalue weighted by molar-refractivity contribution is 5.70. The first-order valence-corrected chi connectivity index (χ1v) is 6.58. The highest BCUT2D eigenvalue weighted by Crippen LogP contribution is 2.39. The van der Waals surface area contributed by atoms with Gasteiger partial charge in [0, 0.05) is 19.6 Å². The number of H-pyrrole nitrogens is 1. The molecule has 1 saturated carbocycles. The van der Waals surface area contributed by atoms with Crippen LogP contribution in [0.25, 0.3) is 11.2 Å². The normalized spacial score (nSPS) is 21.4. The van der Waals surface area contributed by atoms with Crippen molar-refractivity contribution in [1.82, 2.24) is 19.5 Å². The van der Waals surface area contributed by atoms with Crippen molar-refractivity contribution in [2.75, 3.05) is 19.5 Å². The number of nitrogen functional groups attached to an aromatic ring is 1. The number of aliphatic hydroxyl groups excluding tert-OH is 2. The Kier molecular flexibility index (Phi) is 4.39. The molecule has 5 N–H and O–H groups in total. The summed E-state index contributed by atoms with van der Waals surface area (Å²) in [6, 6.07) is 0.0100. The average Bonchev–Trinajstić information content (AvgIpc) is 3.04. The van der Waals surface area contributed by atoms with Crippen LogP contribution in [0.4, 0.5) is 5.95 Å². The van der Waals surface area contributed by atoms with Crippen LogP contribution >= 0.6 is 0 Å². The highest BCUT2D eigenvalue weighted by atomic mass is 16.3. The maximum absolute atomic E-state index is 11.7. The number of aromatic amines is 1. The summed E-state index contributed by atoms with van der Waals surface area (Å²) in [5.74, 6) is 0.170. The molecule has 3 rings (SSSR count). The Balaban J connectivity index is 0.000000774. The third kappa shape index (κ3) is 2.55. The number of fused-ring (bicyclic) bond motifs is 1. The third-order valence-electron chi connectivity index (χ3n) is 3.75. The quantitative estimate of drug-likeness (QED) is 0.568. The van der Waals surface area contributed by atoms with Gasteiger partial charge in [0.2, 0.25) is 5.95 Å². The first kappa shape index (κ1) is 15.2. The number of aliphatic hydroxyl groups is 2. The predicted molar refractivity (Wildman–Crippen MR) is 78.7 cm³/mol. The molecular formula is C13H19N5O3. The van der Waals surface area contributed by atoms with Crippen molar-refractivity contribution in [3.63, 3.8) is 0 Å². The first-order valence-electron chi connectivity index (χ1n) is 6.58. The van der Waals surface area contributed by atoms with Crippen molar-refractivity contribution in [1.29, 1.82) is 0 Å². The van der Waals surface area contributed by atoms with Crippen LogP contribution in [0, 0.1) is 5.92 Å². The maximum atomic E-state index is 11.7. The van der Waals surface area contributed by atoms with Crippen molar-refractivity contribution in [2.24, 2.45) is 5.92 Å². The van der Waals surface area contributed by atoms with E-state index in [4.69, 9.17) is 10.8 Å². The molecule has 2 aromatic rings. The summed E-state index contributed by atoms with van der Waals surface area (Å²) in [6.45, 7) is 4.14. The number of rotatable bonds is 2. The molecule has 1 fully saturated rings. The molecule has 0 saturated heterocycles. The van der Waals surface area contributed by atoms with Crippen LogP contribution in [-0.4, -0.2) is 43.4 Å². The Hall–Kier alpha value is -2.19. The fourth-order valence-electron chi connectivity index (χ4n) is 2.70. The molecule has 0 amide bonds. The Labute approximate surface area is 121 Å². The van der Waals surface area contributed by atoms with Crippen LogP contribution in [0.2, 0.25) is 0 Å². The standard InChI is InChI=1S/C12H15N5O2.CH4O/c1-6-7(4-18)2-3-8(6)17-5-14-9-10(17)15-12(13)16-11(9)19;1-2/h5,7-8,18H,1-4H2,(H3,13,15,16,19);2H,1H3/t7-,8-;/m0./s1. The molecule has 114 valence electrons. The molecule has 8 heteroatoms. The monoisotopic (exact) mass is 293 g/mol. The van der Waals surface area contributed by atoms with Crippen molar-refractivity contribution < 1.29 is 10.2 Å². The van der Waals surface area contributed by atoms with E-state index in [0.717, 1.165) is 25.5 Å². The summed E-state index contributed by atoms with van der Waals surface area (Å²) in [4.78, 5) is 22.4. The van der Waals surface area contributed by atoms with Gasteiger partial charge in [0.1, 0.15) is 0 Å². The maximum Gasteiger partial charge on any atom is 0.280 e. The number of anilines is 1. The summed E-state index contributed by atoms with van der Waals surface area (Å²) >= 11 is 0. The first-order chi connectivity index (χ1) is 10.1. The smallest absolute Gasteiger partial charge is 0.280 e. The lowest BCUT2D eigenvalue weighted by molar-refractivity contribution is 0.249. The fraction of sp³-hybridized carbons (Fsp3) is 0.462. The molecule has 0 spiro atoms. The number of hydrogen-bond donors (Lipinski definition) is 4. The van der Waals surface area contributed by atoms with E-state index in [0.29, 0.717) is 5.65 Å². The number of nitrogens with two attached hydrogens (primary N) is 1. The van der Waals surface area contributed by atoms with E-state index in [1.807, 2.05) is 4.57 Å². The van der Waals surface area contributed by atoms with Gasteiger partial charge >= 0.3 is 0 Å². The summed E-state index contributed by atoms with van der Waals surface area (Å²) in [7, 11) is 1.00. The largest absolute Gasteiger partial charge is 0.400 e. The molecule has 21 heavy (non-hydrogen) atoms. The molecule has 2 aromatic heterocycles. The molecule has 0 aliphatic heterocycles. The second-order valence-corrected chi connectivity index (χ2v) is 4.82. The molecule has 0 bridgehead atoms. The van der Waals surface area contributed by atoms with Gasteiger partial charge in [-0.2, -0.15) is 4.98 Å². The Morgan fingerprint density at radius 2 is 2.24 bits per heavy atom. The van der Waals surface area contributed by atoms with Crippen LogP contribution in [0.1, 0.15) is 18.9 Å². The lowest BCUT2D eigenvalue weighted by Gasteiger charge is -2.15. The Morgan fingerprint density at radius 3 is 2.86 bits per heavy atom. The van der Waals surface area contributed by atoms with Crippen LogP contribution in [0.3, 0.4) is 0 Å². The molecule has 2 atom stereocenters. The van der Waals surface area contributed by atoms with Gasteiger partial charge in [-0.3, -0.25) is 9.78 Å². The van der Waals surface area contributed by atoms with Gasteiger partial charge in [-0.1, -0.05) is 6.58 Å². The summed E-state index contributed by atoms with van der Waals surface area (Å²) in [6.07, 6.45) is 3.31. The van der Waals surface area contributed by atoms with Crippen molar-refractivity contribution in [3.8, 4) is 0 Å². The summed E-state index contributed by atoms with van der Waals surface area (Å²) in [5.41, 5.74) is 6.91. The van der Waals surface area contributed by atoms with Crippen molar-refractivity contribution in [3.05, 3.63) is 28.8 Å². The van der Waals surface area contributed by atoms with Gasteiger partial charge in [-0.05, 0) is 18.4 Å². The fourth-order valence-corrected chi connectivity index (χ4v) is 2.70. The molecule has 0 unspecified atom stereocenters. The minimum absolute atomic E-state index is 0.0100. The zero-order valence-corrected chi connectivity index (χ0v) is 11.8. The Bertz CT molecular complexity index is 705. The second kappa shape index (κ2) is 6.06. The van der Waals surface area contributed by atoms with E-state index in [1.54, 1.807) is 6.33 Å². The molecular weight excluding hydrogens is 274 g/mol. The molecule has 8 nitrogen and oxygen atoms in total. The summed E-state index contributed by atoms with van der Waals surface area (Å²) < 4.78 is 1.82. The summed E-state index contributed by atoms with van der Waals surface area (Å²) in [5, 5.41) is 16.3. The number of imidazole rings is 1. The predicted octanol–water partition coefficient (Wildman–Crippen LogP) is -0.190. The van der Waals surface area contributed by atoms with Gasteiger partial charge in [0.25, 0.3) is 5.56 Å². The third-order valence-corrected chi connectivity index (χ3v) is 3.75. The van der Waals surface area contributed by atoms with E-state index in [2.05, 4.69) is 21.5 Å². The number of nitrogens with one attached hydrogen (secondary N) is 1. The van der Waals surface area contributed by atoms with Gasteiger partial charge < -0.3 is 20.5 Å². The molecule has 1 aliphatic rings. The minimum Gasteiger partial charge on any atom is -0.400 e. The molecule has 2 heterocycles. The number of hydrogen-bond acceptors (Lipinski definition) is 6. The van der Waals surface area contributed by atoms with Gasteiger partial charge in [0.05, 0.1) is 12.4 Å². The average molecular weight is 293 g/mol. The van der Waals surface area contributed by atoms with Crippen molar-refractivity contribution >= 4 is 17.1 Å². The molecule has 1 aliphatic carbocycles. The zero-order chi connectivity index (χ0) is 15.6. The topological polar surface area (TPSA) is 130 Å². The van der Waals surface area contributed by atoms with Crippen molar-refractivity contribution in [2.45, 2.75) is 18.9 Å². The van der Waals surface area contributed by atoms with E-state index in [9.17, 15) is 9.90 Å². The highest BCUT2D eigenvalue weighted by Gasteiger charge is 2.30. The van der Waals surface area contributed by atoms with E-state index in [1.165, 1.54) is 0 Å². The zero-order valence-electron chi connectivity index (χ0n) is 11.8. The number of aromatic nitrogens is 4. The van der Waals surface area contributed by atoms with E-state index in [-0.39, 0.29) is 35.6 Å². The van der Waals surface area contributed by atoms with Gasteiger partial charge in [-0.25, -0.2) is 4.98 Å². The van der Waals surface area contributed by atoms with E-state index < -0.39 is 0 Å². The van der Waals surface area contributed by atoms with E-state index >= 15 is 0 Å². The van der Waals surface area contributed by atoms with Gasteiger partial charge in [0.15, 0.2) is 11.2 Å². The molecule has 0 aromatic carbocycles. The van der Waals surface area contributed by atoms with Crippen LogP contribution < -0.4 is 11.3 Å². The Morgan fingerprint density at radius 1 is 1.52 bits per heavy atom. The second-order valence-electron chi connectivity index (χ2n) is 4.82. The SMILES string of the molecule is C=C1[C@H](CO)CC[C@@H]1n1cnc2c(=O)[nH]c(N)nc21.CO.